The van der Waals surface area contributed by atoms with Crippen LogP contribution in [-0.4, -0.2) is 71.4 Å². The first-order chi connectivity index (χ1) is 5.57. The fourth-order valence-electron chi connectivity index (χ4n) is 0.823. The predicted molar refractivity (Wildman–Crippen MR) is 45.2 cm³/mol. The summed E-state index contributed by atoms with van der Waals surface area (Å²) in [7, 11) is 0. The van der Waals surface area contributed by atoms with Crippen LogP contribution in [0.3, 0.4) is 0 Å². The molecule has 6 nitrogen and oxygen atoms in total. The average Bonchev–Trinajstić information content (AvgIpc) is 2.32. The van der Waals surface area contributed by atoms with Crippen molar-refractivity contribution in [3.8, 4) is 0 Å². The van der Waals surface area contributed by atoms with Crippen molar-refractivity contribution in [2.45, 2.75) is 12.2 Å². The quantitative estimate of drug-likeness (QED) is 0.306. The molecule has 4 N–H and O–H groups in total. The van der Waals surface area contributed by atoms with Gasteiger partial charge in [0, 0.05) is 0 Å². The van der Waals surface area contributed by atoms with E-state index >= 15 is 0 Å². The molecule has 13 heavy (non-hydrogen) atoms. The molecule has 1 unspecified atom stereocenters. The van der Waals surface area contributed by atoms with Crippen LogP contribution < -0.4 is 0 Å². The van der Waals surface area contributed by atoms with Crippen LogP contribution in [0.25, 0.3) is 0 Å². The average molecular weight is 388 g/mol. The molecule has 0 aliphatic carbocycles. The second kappa shape index (κ2) is 4.74. The second-order valence-corrected chi connectivity index (χ2v) is 2.31. The van der Waals surface area contributed by atoms with Gasteiger partial charge in [0.15, 0.2) is 11.9 Å². The summed E-state index contributed by atoms with van der Waals surface area (Å²) < 4.78 is 4.32. The van der Waals surface area contributed by atoms with Gasteiger partial charge in [0.1, 0.15) is 6.10 Å². The molecule has 1 rings (SSSR count). The molecule has 0 spiro atoms. The molecule has 1 heterocycles. The van der Waals surface area contributed by atoms with Gasteiger partial charge in [0.05, 0.1) is 6.61 Å². The first kappa shape index (κ1) is 12.6. The van der Waals surface area contributed by atoms with Gasteiger partial charge >= 0.3 is 32.2 Å². The Morgan fingerprint density at radius 3 is 2.31 bits per heavy atom. The number of aliphatic hydroxyl groups is 4. The van der Waals surface area contributed by atoms with E-state index in [-0.39, 0.29) is 26.2 Å². The summed E-state index contributed by atoms with van der Waals surface area (Å²) in [6.07, 6.45) is -2.78. The van der Waals surface area contributed by atoms with Crippen molar-refractivity contribution in [1.82, 2.24) is 0 Å². The van der Waals surface area contributed by atoms with Crippen molar-refractivity contribution in [1.29, 1.82) is 0 Å². The van der Waals surface area contributed by atoms with Gasteiger partial charge < -0.3 is 25.2 Å². The van der Waals surface area contributed by atoms with Crippen molar-refractivity contribution in [2.24, 2.45) is 0 Å². The fourth-order valence-corrected chi connectivity index (χ4v) is 0.823. The maximum atomic E-state index is 10.5. The monoisotopic (exact) mass is 388 g/mol. The number of aliphatic hydroxyl groups excluding tert-OH is 4. The number of ether oxygens (including phenoxy) is 1. The molecule has 0 radical (unpaired) electrons. The Morgan fingerprint density at radius 2 is 2.00 bits per heavy atom. The van der Waals surface area contributed by atoms with Gasteiger partial charge in [0.2, 0.25) is 5.76 Å². The summed E-state index contributed by atoms with van der Waals surface area (Å²) in [5, 5.41) is 35.0. The summed E-state index contributed by atoms with van der Waals surface area (Å²) in [5.74, 6) is -2.78. The van der Waals surface area contributed by atoms with Crippen molar-refractivity contribution in [3.63, 3.8) is 0 Å². The van der Waals surface area contributed by atoms with Crippen LogP contribution in [0.15, 0.2) is 11.5 Å². The number of carbonyl (C=O) groups excluding carboxylic acids is 1. The van der Waals surface area contributed by atoms with Gasteiger partial charge in [0.25, 0.3) is 0 Å². The standard InChI is InChI=1S/C6H8O6.Bi.3H/c7-1-2(8)5-3(9)4(10)6(11)12-5;;;;/h2,5,7-10H,1H2;;;;/t2?,5-;;;;/m1..../s1. The van der Waals surface area contributed by atoms with Gasteiger partial charge in [-0.15, -0.1) is 0 Å². The molecule has 0 aromatic heterocycles. The third kappa shape index (κ3) is 2.30. The molecule has 7 heteroatoms. The first-order valence-corrected chi connectivity index (χ1v) is 3.20. The molecule has 0 saturated heterocycles. The zero-order valence-corrected chi connectivity index (χ0v) is 12.2. The fraction of sp³-hybridized carbons (Fsp3) is 0.500. The van der Waals surface area contributed by atoms with Crippen molar-refractivity contribution in [2.75, 3.05) is 6.61 Å². The van der Waals surface area contributed by atoms with Crippen LogP contribution in [-0.2, 0) is 9.53 Å². The van der Waals surface area contributed by atoms with Gasteiger partial charge in [-0.3, -0.25) is 0 Å². The number of hydrogen-bond acceptors (Lipinski definition) is 6. The zero-order chi connectivity index (χ0) is 9.30. The van der Waals surface area contributed by atoms with Crippen LogP contribution in [0.4, 0.5) is 0 Å². The molecule has 1 aliphatic heterocycles. The van der Waals surface area contributed by atoms with Crippen LogP contribution in [0.5, 0.6) is 0 Å². The molecule has 0 aromatic rings. The maximum absolute atomic E-state index is 10.5. The Morgan fingerprint density at radius 1 is 1.46 bits per heavy atom. The normalized spacial score (nSPS) is 23.8. The number of cyclic esters (lactones) is 1. The minimum atomic E-state index is -1.42. The Labute approximate surface area is 92.6 Å². The predicted octanol–water partition coefficient (Wildman–Crippen LogP) is -2.59. The molecule has 0 fully saturated rings. The molecule has 76 valence electrons. The number of hydrogen-bond donors (Lipinski definition) is 4. The van der Waals surface area contributed by atoms with Crippen LogP contribution in [0.1, 0.15) is 0 Å². The molecule has 0 amide bonds. The van der Waals surface area contributed by atoms with E-state index in [4.69, 9.17) is 20.4 Å². The van der Waals surface area contributed by atoms with E-state index in [1.165, 1.54) is 0 Å². The molecular formula is C6H11BiO6. The van der Waals surface area contributed by atoms with E-state index in [1.54, 1.807) is 0 Å². The summed E-state index contributed by atoms with van der Waals surface area (Å²) in [6.45, 7) is -0.671. The Bertz CT molecular complexity index is 237. The summed E-state index contributed by atoms with van der Waals surface area (Å²) in [5.41, 5.74) is 0. The third-order valence-electron chi connectivity index (χ3n) is 1.48. The second-order valence-electron chi connectivity index (χ2n) is 2.31. The van der Waals surface area contributed by atoms with E-state index in [0.29, 0.717) is 0 Å². The van der Waals surface area contributed by atoms with Crippen molar-refractivity contribution in [3.05, 3.63) is 11.5 Å². The Kier molecular flexibility index (Phi) is 4.60. The zero-order valence-electron chi connectivity index (χ0n) is 6.67. The van der Waals surface area contributed by atoms with Crippen LogP contribution in [0, 0.1) is 0 Å². The summed E-state index contributed by atoms with van der Waals surface area (Å²) in [4.78, 5) is 10.5. The SMILES string of the molecule is O=C1O[C@H](C(O)CO)C(O)=C1O.[BiH3]. The van der Waals surface area contributed by atoms with Crippen LogP contribution >= 0.6 is 0 Å². The molecule has 0 bridgehead atoms. The minimum absolute atomic E-state index is 0. The topological polar surface area (TPSA) is 107 Å². The van der Waals surface area contributed by atoms with Crippen LogP contribution in [0.2, 0.25) is 0 Å². The molecule has 2 atom stereocenters. The molecule has 1 aliphatic rings. The number of rotatable bonds is 2. The Balaban J connectivity index is 0.00000144. The van der Waals surface area contributed by atoms with E-state index in [1.807, 2.05) is 0 Å². The van der Waals surface area contributed by atoms with Gasteiger partial charge in [-0.2, -0.15) is 0 Å². The third-order valence-corrected chi connectivity index (χ3v) is 1.48. The van der Waals surface area contributed by atoms with Crippen molar-refractivity contribution >= 4 is 32.2 Å². The van der Waals surface area contributed by atoms with E-state index < -0.39 is 36.3 Å². The Hall–Kier alpha value is -0.387. The number of carbonyl (C=O) groups is 1. The van der Waals surface area contributed by atoms with Gasteiger partial charge in [-0.05, 0) is 0 Å². The molecular weight excluding hydrogens is 377 g/mol. The van der Waals surface area contributed by atoms with E-state index in [9.17, 15) is 4.79 Å². The van der Waals surface area contributed by atoms with E-state index in [2.05, 4.69) is 4.74 Å². The molecule has 0 saturated carbocycles. The molecule has 0 aromatic carbocycles. The summed E-state index contributed by atoms with van der Waals surface area (Å²) in [6, 6.07) is 0. The number of esters is 1. The summed E-state index contributed by atoms with van der Waals surface area (Å²) >= 11 is 0. The van der Waals surface area contributed by atoms with E-state index in [0.717, 1.165) is 0 Å². The first-order valence-electron chi connectivity index (χ1n) is 3.20. The van der Waals surface area contributed by atoms with Gasteiger partial charge in [-0.1, -0.05) is 0 Å². The van der Waals surface area contributed by atoms with Gasteiger partial charge in [-0.25, -0.2) is 4.79 Å². The van der Waals surface area contributed by atoms with Crippen molar-refractivity contribution < 1.29 is 30.0 Å².